The molecule has 0 unspecified atom stereocenters. The van der Waals surface area contributed by atoms with Crippen molar-refractivity contribution in [3.63, 3.8) is 0 Å². The van der Waals surface area contributed by atoms with E-state index in [2.05, 4.69) is 34.5 Å². The van der Waals surface area contributed by atoms with Gasteiger partial charge in [0.2, 0.25) is 5.91 Å². The van der Waals surface area contributed by atoms with Crippen LogP contribution in [0, 0.1) is 6.92 Å². The van der Waals surface area contributed by atoms with Gasteiger partial charge >= 0.3 is 6.09 Å². The van der Waals surface area contributed by atoms with Crippen molar-refractivity contribution in [2.75, 3.05) is 56.7 Å². The third-order valence-corrected chi connectivity index (χ3v) is 12.0. The molecular weight excluding hydrogens is 761 g/mol. The van der Waals surface area contributed by atoms with Gasteiger partial charge in [-0.05, 0) is 96.6 Å². The Labute approximate surface area is 349 Å². The number of carbonyl (C=O) groups excluding carboxylic acids is 4. The summed E-state index contributed by atoms with van der Waals surface area (Å²) in [5, 5.41) is 12.6. The smallest absolute Gasteiger partial charge is 0.415 e. The summed E-state index contributed by atoms with van der Waals surface area (Å²) < 4.78 is 13.4. The van der Waals surface area contributed by atoms with E-state index in [1.807, 2.05) is 41.6 Å². The summed E-state index contributed by atoms with van der Waals surface area (Å²) in [6.07, 6.45) is 0.705. The van der Waals surface area contributed by atoms with Crippen LogP contribution in [-0.4, -0.2) is 101 Å². The topological polar surface area (TPSA) is 137 Å². The highest BCUT2D eigenvalue weighted by Gasteiger charge is 2.35. The molecule has 5 aromatic rings. The van der Waals surface area contributed by atoms with Crippen molar-refractivity contribution in [1.82, 2.24) is 19.3 Å². The van der Waals surface area contributed by atoms with Gasteiger partial charge in [0.15, 0.2) is 0 Å². The van der Waals surface area contributed by atoms with Gasteiger partial charge in [-0.2, -0.15) is 0 Å². The van der Waals surface area contributed by atoms with Crippen LogP contribution >= 0.6 is 0 Å². The summed E-state index contributed by atoms with van der Waals surface area (Å²) in [5.41, 5.74) is 8.51. The Morgan fingerprint density at radius 1 is 0.850 bits per heavy atom. The lowest BCUT2D eigenvalue weighted by molar-refractivity contribution is -0.114. The normalized spacial score (nSPS) is 16.4. The molecule has 4 heterocycles. The number of aromatic nitrogens is 1. The molecule has 2 N–H and O–H groups in total. The maximum Gasteiger partial charge on any atom is 0.415 e. The summed E-state index contributed by atoms with van der Waals surface area (Å²) in [4.78, 5) is 62.3. The largest absolute Gasteiger partial charge is 0.508 e. The SMILES string of the molecule is CC(=O)Nc1cccc(OC(=O)N2CCc3cc(-c4cc(C(=O)N(C)c5ccc(O)cc5)c(C)n4C)c(C(=O)N4Cc5ccccc5C[C@H]4CN4CCOCC4)cc3C2)c1. The fourth-order valence-electron chi connectivity index (χ4n) is 8.53. The number of morpholine rings is 1. The fourth-order valence-corrected chi connectivity index (χ4v) is 8.53. The molecule has 3 aliphatic heterocycles. The van der Waals surface area contributed by atoms with E-state index in [0.717, 1.165) is 41.2 Å². The van der Waals surface area contributed by atoms with Crippen molar-refractivity contribution in [3.8, 4) is 22.8 Å². The number of nitrogens with one attached hydrogen (secondary N) is 1. The molecule has 13 heteroatoms. The average Bonchev–Trinajstić information content (AvgIpc) is 3.55. The molecule has 0 saturated carbocycles. The highest BCUT2D eigenvalue weighted by molar-refractivity contribution is 6.08. The Bertz CT molecular complexity index is 2450. The number of fused-ring (bicyclic) bond motifs is 2. The van der Waals surface area contributed by atoms with E-state index in [-0.39, 0.29) is 36.1 Å². The Morgan fingerprint density at radius 3 is 2.35 bits per heavy atom. The number of carbonyl (C=O) groups is 4. The van der Waals surface area contributed by atoms with E-state index in [0.29, 0.717) is 79.5 Å². The molecule has 0 radical (unpaired) electrons. The number of phenols is 1. The van der Waals surface area contributed by atoms with Crippen molar-refractivity contribution in [1.29, 1.82) is 0 Å². The second kappa shape index (κ2) is 17.0. The minimum atomic E-state index is -0.533. The number of hydrogen-bond donors (Lipinski definition) is 2. The highest BCUT2D eigenvalue weighted by atomic mass is 16.6. The van der Waals surface area contributed by atoms with Crippen LogP contribution in [-0.2, 0) is 42.5 Å². The molecule has 0 spiro atoms. The standard InChI is InChI=1S/C47H50N6O7/c1-30-41(45(56)50(4)37-12-14-39(55)15-13-37)26-44(49(30)3)42-23-33-16-17-52(47(58)60-40-11-7-10-36(25-40)48-31(2)54)27-35(33)24-43(42)46(57)53-28-34-9-6-5-8-32(34)22-38(53)29-51-18-20-59-21-19-51/h5-15,23-26,38,55H,16-22,27-29H2,1-4H3,(H,48,54)/t38-/m0/s1. The molecule has 3 aliphatic rings. The number of rotatable bonds is 8. The summed E-state index contributed by atoms with van der Waals surface area (Å²) in [6.45, 7) is 7.99. The Kier molecular flexibility index (Phi) is 11.5. The van der Waals surface area contributed by atoms with Crippen LogP contribution in [0.15, 0.2) is 91.0 Å². The lowest BCUT2D eigenvalue weighted by Gasteiger charge is -2.41. The molecule has 8 rings (SSSR count). The second-order valence-electron chi connectivity index (χ2n) is 15.9. The quantitative estimate of drug-likeness (QED) is 0.184. The zero-order valence-corrected chi connectivity index (χ0v) is 34.4. The maximum absolute atomic E-state index is 15.4. The van der Waals surface area contributed by atoms with Gasteiger partial charge in [-0.25, -0.2) is 4.79 Å². The predicted molar refractivity (Wildman–Crippen MR) is 228 cm³/mol. The molecular formula is C47H50N6O7. The molecule has 310 valence electrons. The number of benzene rings is 4. The Balaban J connectivity index is 1.17. The molecule has 4 amide bonds. The molecule has 60 heavy (non-hydrogen) atoms. The van der Waals surface area contributed by atoms with Gasteiger partial charge in [0.1, 0.15) is 11.5 Å². The molecule has 0 aliphatic carbocycles. The summed E-state index contributed by atoms with van der Waals surface area (Å²) in [7, 11) is 3.61. The monoisotopic (exact) mass is 810 g/mol. The van der Waals surface area contributed by atoms with Crippen LogP contribution < -0.4 is 15.0 Å². The predicted octanol–water partition coefficient (Wildman–Crippen LogP) is 6.40. The first kappa shape index (κ1) is 40.3. The lowest BCUT2D eigenvalue weighted by atomic mass is 9.89. The van der Waals surface area contributed by atoms with Crippen LogP contribution in [0.5, 0.6) is 11.5 Å². The minimum absolute atomic E-state index is 0.0969. The molecule has 1 aromatic heterocycles. The number of nitrogens with zero attached hydrogens (tertiary/aromatic N) is 5. The first-order valence-electron chi connectivity index (χ1n) is 20.4. The fraction of sp³-hybridized carbons (Fsp3) is 0.319. The molecule has 1 fully saturated rings. The number of aromatic hydroxyl groups is 1. The van der Waals surface area contributed by atoms with Crippen LogP contribution in [0.1, 0.15) is 55.6 Å². The van der Waals surface area contributed by atoms with Crippen molar-refractivity contribution in [2.24, 2.45) is 7.05 Å². The van der Waals surface area contributed by atoms with E-state index in [4.69, 9.17) is 9.47 Å². The summed E-state index contributed by atoms with van der Waals surface area (Å²) in [5.74, 6) is -0.156. The number of amides is 4. The van der Waals surface area contributed by atoms with E-state index < -0.39 is 6.09 Å². The highest BCUT2D eigenvalue weighted by Crippen LogP contribution is 2.36. The molecule has 13 nitrogen and oxygen atoms in total. The van der Waals surface area contributed by atoms with Crippen molar-refractivity contribution in [2.45, 2.75) is 45.8 Å². The van der Waals surface area contributed by atoms with Crippen LogP contribution in [0.3, 0.4) is 0 Å². The van der Waals surface area contributed by atoms with Gasteiger partial charge < -0.3 is 39.2 Å². The van der Waals surface area contributed by atoms with Crippen molar-refractivity contribution < 1.29 is 33.8 Å². The molecule has 0 bridgehead atoms. The van der Waals surface area contributed by atoms with E-state index in [1.165, 1.54) is 12.5 Å². The summed E-state index contributed by atoms with van der Waals surface area (Å²) in [6, 6.07) is 27.2. The number of anilines is 2. The van der Waals surface area contributed by atoms with Crippen molar-refractivity contribution in [3.05, 3.63) is 130 Å². The van der Waals surface area contributed by atoms with E-state index >= 15 is 4.79 Å². The van der Waals surface area contributed by atoms with Gasteiger partial charge in [-0.1, -0.05) is 30.3 Å². The molecule has 1 saturated heterocycles. The number of ether oxygens (including phenoxy) is 2. The van der Waals surface area contributed by atoms with Gasteiger partial charge in [0.25, 0.3) is 11.8 Å². The van der Waals surface area contributed by atoms with Crippen LogP contribution in [0.2, 0.25) is 0 Å². The van der Waals surface area contributed by atoms with Crippen LogP contribution in [0.4, 0.5) is 16.2 Å². The number of hydrogen-bond acceptors (Lipinski definition) is 8. The van der Waals surface area contributed by atoms with E-state index in [9.17, 15) is 19.5 Å². The first-order valence-corrected chi connectivity index (χ1v) is 20.4. The maximum atomic E-state index is 15.4. The Morgan fingerprint density at radius 2 is 1.60 bits per heavy atom. The number of phenolic OH excluding ortho intramolecular Hbond substituents is 1. The van der Waals surface area contributed by atoms with E-state index in [1.54, 1.807) is 65.4 Å². The summed E-state index contributed by atoms with van der Waals surface area (Å²) >= 11 is 0. The zero-order chi connectivity index (χ0) is 42.1. The molecule has 4 aromatic carbocycles. The minimum Gasteiger partial charge on any atom is -0.508 e. The Hall–Kier alpha value is -6.44. The third-order valence-electron chi connectivity index (χ3n) is 12.0. The van der Waals surface area contributed by atoms with Crippen molar-refractivity contribution >= 4 is 35.2 Å². The van der Waals surface area contributed by atoms with Gasteiger partial charge in [-0.15, -0.1) is 0 Å². The van der Waals surface area contributed by atoms with Gasteiger partial charge in [-0.3, -0.25) is 19.3 Å². The van der Waals surface area contributed by atoms with Crippen LogP contribution in [0.25, 0.3) is 11.3 Å². The lowest BCUT2D eigenvalue weighted by Crippen LogP contribution is -2.52. The van der Waals surface area contributed by atoms with Gasteiger partial charge in [0, 0.05) is 106 Å². The second-order valence-corrected chi connectivity index (χ2v) is 15.9. The van der Waals surface area contributed by atoms with Gasteiger partial charge in [0.05, 0.1) is 18.8 Å². The molecule has 1 atom stereocenters. The first-order chi connectivity index (χ1) is 28.9. The zero-order valence-electron chi connectivity index (χ0n) is 34.4. The average molecular weight is 811 g/mol. The third kappa shape index (κ3) is 8.36.